The van der Waals surface area contributed by atoms with E-state index in [9.17, 15) is 35.1 Å². The predicted molar refractivity (Wildman–Crippen MR) is 347 cm³/mol. The van der Waals surface area contributed by atoms with Gasteiger partial charge in [0.1, 0.15) is 24.4 Å². The fourth-order valence-corrected chi connectivity index (χ4v) is 11.1. The highest BCUT2D eigenvalue weighted by Crippen LogP contribution is 2.26. The fraction of sp³-hybridized carbons (Fsp3) is 0.861. The molecule has 0 saturated carbocycles. The lowest BCUT2D eigenvalue weighted by molar-refractivity contribution is -0.305. The number of aliphatic hydroxyl groups excluding tert-OH is 5. The smallest absolute Gasteiger partial charge is 0.306 e. The normalized spacial score (nSPS) is 18.8. The molecule has 1 fully saturated rings. The summed E-state index contributed by atoms with van der Waals surface area (Å²) >= 11 is 0. The number of hydrogen-bond donors (Lipinski definition) is 6. The molecular weight excluding hydrogens is 1040 g/mol. The number of rotatable bonds is 61. The third kappa shape index (κ3) is 47.4. The van der Waals surface area contributed by atoms with Crippen molar-refractivity contribution in [1.82, 2.24) is 5.32 Å². The van der Waals surface area contributed by atoms with E-state index in [0.717, 1.165) is 77.0 Å². The molecule has 11 heteroatoms. The lowest BCUT2D eigenvalue weighted by atomic mass is 9.99. The van der Waals surface area contributed by atoms with E-state index >= 15 is 0 Å². The SMILES string of the molecule is CCCCC/C=C\C/C=C\C/C=C\CCCCCC(O)C(=O)NC(COC1OC(CO)C(O)C(O)C1OC(=O)CCCCCCCCCCCCCCCCCCCCCCCCCCC)C(O)/C=C/CCCCCCCCCCCCC. The van der Waals surface area contributed by atoms with E-state index in [0.29, 0.717) is 12.8 Å². The topological polar surface area (TPSA) is 175 Å². The van der Waals surface area contributed by atoms with E-state index in [1.165, 1.54) is 212 Å². The second kappa shape index (κ2) is 59.9. The first-order valence-electron chi connectivity index (χ1n) is 35.4. The lowest BCUT2D eigenvalue weighted by Crippen LogP contribution is -2.61. The van der Waals surface area contributed by atoms with Gasteiger partial charge in [-0.25, -0.2) is 0 Å². The summed E-state index contributed by atoms with van der Waals surface area (Å²) in [5.74, 6) is -1.20. The molecule has 8 unspecified atom stereocenters. The van der Waals surface area contributed by atoms with E-state index in [4.69, 9.17) is 14.2 Å². The molecule has 0 bridgehead atoms. The number of nitrogens with one attached hydrogen (secondary N) is 1. The molecule has 0 aromatic heterocycles. The van der Waals surface area contributed by atoms with Crippen molar-refractivity contribution < 1.29 is 49.3 Å². The number of allylic oxidation sites excluding steroid dienone is 7. The Morgan fingerprint density at radius 1 is 0.470 bits per heavy atom. The van der Waals surface area contributed by atoms with Crippen molar-refractivity contribution in [2.45, 2.75) is 384 Å². The van der Waals surface area contributed by atoms with Crippen molar-refractivity contribution in [2.24, 2.45) is 0 Å². The van der Waals surface area contributed by atoms with Gasteiger partial charge in [-0.3, -0.25) is 9.59 Å². The Hall–Kier alpha value is -2.38. The Morgan fingerprint density at radius 2 is 0.831 bits per heavy atom. The summed E-state index contributed by atoms with van der Waals surface area (Å²) in [5, 5.41) is 57.2. The third-order valence-electron chi connectivity index (χ3n) is 16.7. The number of carbonyl (C=O) groups is 2. The average Bonchev–Trinajstić information content (AvgIpc) is 3.67. The van der Waals surface area contributed by atoms with Crippen LogP contribution < -0.4 is 5.32 Å². The summed E-state index contributed by atoms with van der Waals surface area (Å²) in [6.07, 6.45) is 64.4. The molecule has 1 amide bonds. The van der Waals surface area contributed by atoms with Crippen molar-refractivity contribution in [2.75, 3.05) is 13.2 Å². The van der Waals surface area contributed by atoms with Gasteiger partial charge >= 0.3 is 5.97 Å². The number of amides is 1. The van der Waals surface area contributed by atoms with Gasteiger partial charge in [-0.15, -0.1) is 0 Å². The maximum absolute atomic E-state index is 13.4. The van der Waals surface area contributed by atoms with Gasteiger partial charge in [-0.05, 0) is 64.2 Å². The van der Waals surface area contributed by atoms with E-state index in [1.54, 1.807) is 6.08 Å². The minimum absolute atomic E-state index is 0.125. The highest BCUT2D eigenvalue weighted by molar-refractivity contribution is 5.80. The van der Waals surface area contributed by atoms with E-state index < -0.39 is 67.4 Å². The van der Waals surface area contributed by atoms with Gasteiger partial charge in [0, 0.05) is 6.42 Å². The minimum atomic E-state index is -1.62. The van der Waals surface area contributed by atoms with Crippen molar-refractivity contribution in [3.05, 3.63) is 48.6 Å². The van der Waals surface area contributed by atoms with Crippen molar-refractivity contribution >= 4 is 11.9 Å². The van der Waals surface area contributed by atoms with Crippen molar-refractivity contribution in [3.63, 3.8) is 0 Å². The second-order valence-electron chi connectivity index (χ2n) is 24.6. The lowest BCUT2D eigenvalue weighted by Gasteiger charge is -2.41. The highest BCUT2D eigenvalue weighted by atomic mass is 16.7. The largest absolute Gasteiger partial charge is 0.454 e. The third-order valence-corrected chi connectivity index (χ3v) is 16.7. The summed E-state index contributed by atoms with van der Waals surface area (Å²) in [6, 6.07) is -1.04. The first-order valence-corrected chi connectivity index (χ1v) is 35.4. The van der Waals surface area contributed by atoms with E-state index in [1.807, 2.05) is 6.08 Å². The van der Waals surface area contributed by atoms with Crippen LogP contribution in [0.1, 0.15) is 335 Å². The number of ether oxygens (including phenoxy) is 3. The molecule has 0 aliphatic carbocycles. The fourth-order valence-electron chi connectivity index (χ4n) is 11.1. The maximum atomic E-state index is 13.4. The van der Waals surface area contributed by atoms with Crippen LogP contribution in [-0.2, 0) is 23.8 Å². The molecule has 1 aliphatic rings. The Kier molecular flexibility index (Phi) is 56.8. The molecule has 0 aromatic rings. The number of unbranched alkanes of at least 4 members (excludes halogenated alkanes) is 41. The van der Waals surface area contributed by atoms with Crippen LogP contribution in [0.25, 0.3) is 0 Å². The Balaban J connectivity index is 2.57. The van der Waals surface area contributed by atoms with Gasteiger partial charge in [-0.1, -0.05) is 313 Å². The van der Waals surface area contributed by atoms with Gasteiger partial charge in [0.15, 0.2) is 12.4 Å². The molecular formula is C72H133NO10. The number of aliphatic hydroxyl groups is 5. The quantitative estimate of drug-likeness (QED) is 0.0195. The average molecular weight is 1170 g/mol. The molecule has 8 atom stereocenters. The maximum Gasteiger partial charge on any atom is 0.306 e. The second-order valence-corrected chi connectivity index (χ2v) is 24.6. The number of hydrogen-bond acceptors (Lipinski definition) is 10. The number of carbonyl (C=O) groups excluding carboxylic acids is 2. The van der Waals surface area contributed by atoms with Gasteiger partial charge in [0.05, 0.1) is 25.4 Å². The summed E-state index contributed by atoms with van der Waals surface area (Å²) in [6.45, 7) is 5.79. The Labute approximate surface area is 510 Å². The van der Waals surface area contributed by atoms with E-state index in [-0.39, 0.29) is 19.4 Å². The molecule has 1 aliphatic heterocycles. The summed E-state index contributed by atoms with van der Waals surface area (Å²) in [5.41, 5.74) is 0. The van der Waals surface area contributed by atoms with Crippen molar-refractivity contribution in [1.29, 1.82) is 0 Å². The molecule has 83 heavy (non-hydrogen) atoms. The summed E-state index contributed by atoms with van der Waals surface area (Å²) in [4.78, 5) is 26.6. The van der Waals surface area contributed by atoms with Gasteiger partial charge in [0.25, 0.3) is 0 Å². The van der Waals surface area contributed by atoms with Crippen LogP contribution in [-0.4, -0.2) is 99.6 Å². The van der Waals surface area contributed by atoms with Crippen LogP contribution in [0.5, 0.6) is 0 Å². The van der Waals surface area contributed by atoms with Crippen LogP contribution in [0.2, 0.25) is 0 Å². The molecule has 1 rings (SSSR count). The zero-order chi connectivity index (χ0) is 60.3. The van der Waals surface area contributed by atoms with Crippen LogP contribution in [0, 0.1) is 0 Å². The zero-order valence-electron chi connectivity index (χ0n) is 54.1. The summed E-state index contributed by atoms with van der Waals surface area (Å²) in [7, 11) is 0. The van der Waals surface area contributed by atoms with Gasteiger partial charge in [-0.2, -0.15) is 0 Å². The molecule has 0 aromatic carbocycles. The first-order chi connectivity index (χ1) is 40.7. The Bertz CT molecular complexity index is 1540. The molecule has 486 valence electrons. The monoisotopic (exact) mass is 1170 g/mol. The molecule has 1 heterocycles. The van der Waals surface area contributed by atoms with Gasteiger partial charge < -0.3 is 45.1 Å². The van der Waals surface area contributed by atoms with Crippen molar-refractivity contribution in [3.8, 4) is 0 Å². The molecule has 0 radical (unpaired) electrons. The summed E-state index contributed by atoms with van der Waals surface area (Å²) < 4.78 is 17.7. The predicted octanol–water partition coefficient (Wildman–Crippen LogP) is 18.0. The molecule has 6 N–H and O–H groups in total. The van der Waals surface area contributed by atoms with Crippen LogP contribution in [0.15, 0.2) is 48.6 Å². The van der Waals surface area contributed by atoms with Gasteiger partial charge in [0.2, 0.25) is 5.91 Å². The number of esters is 1. The molecule has 0 spiro atoms. The van der Waals surface area contributed by atoms with Crippen LogP contribution in [0.3, 0.4) is 0 Å². The first kappa shape index (κ1) is 78.6. The Morgan fingerprint density at radius 3 is 1.27 bits per heavy atom. The van der Waals surface area contributed by atoms with E-state index in [2.05, 4.69) is 62.5 Å². The molecule has 1 saturated heterocycles. The standard InChI is InChI=1S/C72H133NO10/c1-4-7-10-13-16-19-22-25-27-29-30-31-32-33-34-35-36-37-39-42-45-48-51-54-57-60-67(77)83-70-69(79)68(78)66(61-74)82-72(70)81-62-63(64(75)58-55-52-49-46-43-40-24-21-18-15-12-9-6-3)73-71(80)65(76)59-56-53-50-47-44-41-38-28-26-23-20-17-14-11-8-5-2/h17,20,26,28,41,44,55,58,63-66,68-70,72,74-76,78-79H,4-16,18-19,21-25,27,29-40,42-43,45-54,56-57,59-62H2,1-3H3,(H,73,80)/b20-17-,28-26-,44-41-,58-55+. The minimum Gasteiger partial charge on any atom is -0.454 e. The van der Waals surface area contributed by atoms with Crippen LogP contribution >= 0.6 is 0 Å². The molecule has 11 nitrogen and oxygen atoms in total. The zero-order valence-corrected chi connectivity index (χ0v) is 54.1. The van der Waals surface area contributed by atoms with Crippen LogP contribution in [0.4, 0.5) is 0 Å². The highest BCUT2D eigenvalue weighted by Gasteiger charge is 2.47.